The van der Waals surface area contributed by atoms with E-state index in [1.54, 1.807) is 6.07 Å². The molecule has 17 heavy (non-hydrogen) atoms. The van der Waals surface area contributed by atoms with E-state index in [1.165, 1.54) is 6.92 Å². The summed E-state index contributed by atoms with van der Waals surface area (Å²) in [5.74, 6) is -2.05. The lowest BCUT2D eigenvalue weighted by Crippen LogP contribution is -2.09. The highest BCUT2D eigenvalue weighted by molar-refractivity contribution is 5.95. The van der Waals surface area contributed by atoms with Crippen LogP contribution in [0.2, 0.25) is 0 Å². The average Bonchev–Trinajstić information content (AvgIpc) is 2.27. The zero-order valence-corrected chi connectivity index (χ0v) is 8.78. The molecule has 1 rings (SSSR count). The van der Waals surface area contributed by atoms with Gasteiger partial charge in [0.05, 0.1) is 12.2 Å². The minimum atomic E-state index is -3.05. The van der Waals surface area contributed by atoms with Crippen molar-refractivity contribution in [1.29, 1.82) is 5.26 Å². The highest BCUT2D eigenvalue weighted by atomic mass is 19.3. The average molecular weight is 242 g/mol. The maximum absolute atomic E-state index is 12.4. The van der Waals surface area contributed by atoms with Gasteiger partial charge in [0.1, 0.15) is 17.3 Å². The number of hydrogen-bond donors (Lipinski definition) is 1. The normalized spacial score (nSPS) is 10.1. The van der Waals surface area contributed by atoms with Gasteiger partial charge in [-0.25, -0.2) is 18.6 Å². The minimum Gasteiger partial charge on any atom is -0.505 e. The van der Waals surface area contributed by atoms with Gasteiger partial charge >= 0.3 is 5.97 Å². The van der Waals surface area contributed by atoms with Gasteiger partial charge in [0.15, 0.2) is 5.75 Å². The van der Waals surface area contributed by atoms with Gasteiger partial charge in [0, 0.05) is 6.20 Å². The Morgan fingerprint density at radius 1 is 1.71 bits per heavy atom. The van der Waals surface area contributed by atoms with Crippen LogP contribution >= 0.6 is 0 Å². The van der Waals surface area contributed by atoms with Gasteiger partial charge in [0.25, 0.3) is 6.43 Å². The number of nitriles is 1. The molecule has 0 saturated heterocycles. The highest BCUT2D eigenvalue weighted by Gasteiger charge is 2.25. The summed E-state index contributed by atoms with van der Waals surface area (Å²) >= 11 is 0. The molecular weight excluding hydrogens is 234 g/mol. The molecule has 1 N–H and O–H groups in total. The Morgan fingerprint density at radius 3 is 2.82 bits per heavy atom. The van der Waals surface area contributed by atoms with E-state index in [0.29, 0.717) is 0 Å². The topological polar surface area (TPSA) is 83.2 Å². The van der Waals surface area contributed by atoms with Crippen molar-refractivity contribution >= 4 is 5.97 Å². The molecule has 0 aliphatic rings. The van der Waals surface area contributed by atoms with Crippen LogP contribution in [-0.2, 0) is 4.74 Å². The largest absolute Gasteiger partial charge is 0.505 e. The predicted octanol–water partition coefficient (Wildman–Crippen LogP) is 1.77. The Kier molecular flexibility index (Phi) is 3.93. The molecule has 1 aromatic rings. The number of aromatic nitrogens is 1. The second-order valence-corrected chi connectivity index (χ2v) is 2.91. The fraction of sp³-hybridized carbons (Fsp3) is 0.300. The van der Waals surface area contributed by atoms with E-state index in [-0.39, 0.29) is 12.2 Å². The molecular formula is C10H8F2N2O3. The zero-order valence-electron chi connectivity index (χ0n) is 8.78. The van der Waals surface area contributed by atoms with Crippen LogP contribution in [-0.4, -0.2) is 22.7 Å². The fourth-order valence-electron chi connectivity index (χ4n) is 1.17. The lowest BCUT2D eigenvalue weighted by molar-refractivity contribution is 0.0521. The summed E-state index contributed by atoms with van der Waals surface area (Å²) in [5, 5.41) is 18.2. The SMILES string of the molecule is CCOC(=O)c1c(C#N)cnc(C(F)F)c1O. The van der Waals surface area contributed by atoms with Crippen LogP contribution in [0.4, 0.5) is 8.78 Å². The number of carbonyl (C=O) groups excluding carboxylic acids is 1. The van der Waals surface area contributed by atoms with Crippen LogP contribution in [0.25, 0.3) is 0 Å². The van der Waals surface area contributed by atoms with Gasteiger partial charge in [0.2, 0.25) is 0 Å². The molecule has 90 valence electrons. The summed E-state index contributed by atoms with van der Waals surface area (Å²) in [4.78, 5) is 14.6. The van der Waals surface area contributed by atoms with E-state index in [4.69, 9.17) is 5.26 Å². The maximum atomic E-state index is 12.4. The molecule has 7 heteroatoms. The third-order valence-corrected chi connectivity index (χ3v) is 1.89. The summed E-state index contributed by atoms with van der Waals surface area (Å²) in [6, 6.07) is 1.57. The summed E-state index contributed by atoms with van der Waals surface area (Å²) < 4.78 is 29.4. The first-order valence-corrected chi connectivity index (χ1v) is 4.60. The van der Waals surface area contributed by atoms with Crippen LogP contribution in [0.1, 0.15) is 35.0 Å². The van der Waals surface area contributed by atoms with Crippen molar-refractivity contribution in [3.05, 3.63) is 23.0 Å². The zero-order chi connectivity index (χ0) is 13.0. The lowest BCUT2D eigenvalue weighted by Gasteiger charge is -2.09. The molecule has 0 fully saturated rings. The number of esters is 1. The molecule has 1 heterocycles. The molecule has 1 aromatic heterocycles. The van der Waals surface area contributed by atoms with E-state index in [0.717, 1.165) is 6.20 Å². The van der Waals surface area contributed by atoms with Crippen molar-refractivity contribution < 1.29 is 23.4 Å². The molecule has 0 radical (unpaired) electrons. The van der Waals surface area contributed by atoms with Crippen molar-refractivity contribution in [2.24, 2.45) is 0 Å². The molecule has 5 nitrogen and oxygen atoms in total. The first-order valence-electron chi connectivity index (χ1n) is 4.60. The Balaban J connectivity index is 3.39. The number of nitrogens with zero attached hydrogens (tertiary/aromatic N) is 2. The van der Waals surface area contributed by atoms with Gasteiger partial charge < -0.3 is 9.84 Å². The van der Waals surface area contributed by atoms with Crippen molar-refractivity contribution in [3.63, 3.8) is 0 Å². The molecule has 0 amide bonds. The maximum Gasteiger partial charge on any atom is 0.343 e. The van der Waals surface area contributed by atoms with E-state index in [2.05, 4.69) is 9.72 Å². The molecule has 0 spiro atoms. The van der Waals surface area contributed by atoms with E-state index < -0.39 is 29.4 Å². The monoisotopic (exact) mass is 242 g/mol. The standard InChI is InChI=1S/C10H8F2N2O3/c1-2-17-10(16)6-5(3-13)4-14-7(8(6)15)9(11)12/h4,9,15H,2H2,1H3. The Labute approximate surface area is 95.3 Å². The van der Waals surface area contributed by atoms with Crippen molar-refractivity contribution in [2.75, 3.05) is 6.61 Å². The molecule has 0 aliphatic heterocycles. The number of ether oxygens (including phenoxy) is 1. The van der Waals surface area contributed by atoms with E-state index in [9.17, 15) is 18.7 Å². The van der Waals surface area contributed by atoms with Gasteiger partial charge in [-0.15, -0.1) is 0 Å². The second-order valence-electron chi connectivity index (χ2n) is 2.91. The van der Waals surface area contributed by atoms with Crippen molar-refractivity contribution in [1.82, 2.24) is 4.98 Å². The Bertz CT molecular complexity index is 483. The predicted molar refractivity (Wildman–Crippen MR) is 51.5 cm³/mol. The lowest BCUT2D eigenvalue weighted by atomic mass is 10.1. The van der Waals surface area contributed by atoms with Gasteiger partial charge in [-0.2, -0.15) is 5.26 Å². The molecule has 0 unspecified atom stereocenters. The number of halogens is 2. The Hall–Kier alpha value is -2.23. The Morgan fingerprint density at radius 2 is 2.35 bits per heavy atom. The summed E-state index contributed by atoms with van der Waals surface area (Å²) in [5.41, 5.74) is -1.85. The second kappa shape index (κ2) is 5.21. The summed E-state index contributed by atoms with van der Waals surface area (Å²) in [6.45, 7) is 1.51. The number of alkyl halides is 2. The quantitative estimate of drug-likeness (QED) is 0.816. The van der Waals surface area contributed by atoms with Crippen LogP contribution in [0.3, 0.4) is 0 Å². The molecule has 0 aromatic carbocycles. The number of rotatable bonds is 3. The third kappa shape index (κ3) is 2.47. The first kappa shape index (κ1) is 12.8. The van der Waals surface area contributed by atoms with E-state index in [1.807, 2.05) is 0 Å². The smallest absolute Gasteiger partial charge is 0.343 e. The van der Waals surface area contributed by atoms with Gasteiger partial charge in [-0.05, 0) is 6.92 Å². The summed E-state index contributed by atoms with van der Waals surface area (Å²) in [7, 11) is 0. The number of carbonyl (C=O) groups is 1. The van der Waals surface area contributed by atoms with Crippen LogP contribution in [0.5, 0.6) is 5.75 Å². The minimum absolute atomic E-state index is 0.00449. The van der Waals surface area contributed by atoms with Crippen LogP contribution < -0.4 is 0 Å². The van der Waals surface area contributed by atoms with Gasteiger partial charge in [-0.3, -0.25) is 0 Å². The number of hydrogen-bond acceptors (Lipinski definition) is 5. The number of aromatic hydroxyl groups is 1. The molecule has 0 saturated carbocycles. The number of pyridine rings is 1. The first-order chi connectivity index (χ1) is 8.02. The summed E-state index contributed by atoms with van der Waals surface area (Å²) in [6.07, 6.45) is -2.25. The van der Waals surface area contributed by atoms with Crippen molar-refractivity contribution in [2.45, 2.75) is 13.3 Å². The molecule has 0 aliphatic carbocycles. The van der Waals surface area contributed by atoms with E-state index >= 15 is 0 Å². The third-order valence-electron chi connectivity index (χ3n) is 1.89. The highest BCUT2D eigenvalue weighted by Crippen LogP contribution is 2.31. The van der Waals surface area contributed by atoms with Crippen molar-refractivity contribution in [3.8, 4) is 11.8 Å². The van der Waals surface area contributed by atoms with Crippen LogP contribution in [0.15, 0.2) is 6.20 Å². The van der Waals surface area contributed by atoms with Gasteiger partial charge in [-0.1, -0.05) is 0 Å². The molecule has 0 bridgehead atoms. The molecule has 0 atom stereocenters. The fourth-order valence-corrected chi connectivity index (χ4v) is 1.17. The van der Waals surface area contributed by atoms with Crippen LogP contribution in [0, 0.1) is 11.3 Å².